The smallest absolute Gasteiger partial charge is 0.338 e. The number of benzene rings is 2. The van der Waals surface area contributed by atoms with Crippen molar-refractivity contribution >= 4 is 29.0 Å². The highest BCUT2D eigenvalue weighted by molar-refractivity contribution is 6.33. The van der Waals surface area contributed by atoms with E-state index in [1.807, 2.05) is 33.8 Å². The van der Waals surface area contributed by atoms with Gasteiger partial charge in [-0.25, -0.2) is 4.79 Å². The topological polar surface area (TPSA) is 69.4 Å². The van der Waals surface area contributed by atoms with Crippen molar-refractivity contribution in [3.63, 3.8) is 0 Å². The number of halogens is 1. The quantitative estimate of drug-likeness (QED) is 0.512. The van der Waals surface area contributed by atoms with E-state index in [-0.39, 0.29) is 23.6 Å². The average Bonchev–Trinajstić information content (AvgIpc) is 2.56. The second kappa shape index (κ2) is 7.05. The molecule has 0 aliphatic heterocycles. The Bertz CT molecular complexity index is 828. The molecule has 24 heavy (non-hydrogen) atoms. The summed E-state index contributed by atoms with van der Waals surface area (Å²) in [6.07, 6.45) is 0. The molecule has 0 aliphatic rings. The summed E-state index contributed by atoms with van der Waals surface area (Å²) in [5.74, 6) is -0.834. The lowest BCUT2D eigenvalue weighted by atomic mass is 9.93. The summed E-state index contributed by atoms with van der Waals surface area (Å²) in [7, 11) is 0. The van der Waals surface area contributed by atoms with Crippen LogP contribution < -0.4 is 5.73 Å². The average molecular weight is 346 g/mol. The second-order valence-corrected chi connectivity index (χ2v) is 6.26. The van der Waals surface area contributed by atoms with E-state index in [9.17, 15) is 9.59 Å². The molecule has 2 aromatic rings. The minimum Gasteiger partial charge on any atom is -0.454 e. The Balaban J connectivity index is 2.13. The van der Waals surface area contributed by atoms with Crippen molar-refractivity contribution in [2.45, 2.75) is 27.7 Å². The second-order valence-electron chi connectivity index (χ2n) is 5.85. The largest absolute Gasteiger partial charge is 0.454 e. The minimum atomic E-state index is -0.607. The number of ketones is 1. The molecule has 0 unspecified atom stereocenters. The fourth-order valence-corrected chi connectivity index (χ4v) is 2.58. The van der Waals surface area contributed by atoms with Gasteiger partial charge in [-0.2, -0.15) is 0 Å². The summed E-state index contributed by atoms with van der Waals surface area (Å²) in [5, 5.41) is 0.365. The van der Waals surface area contributed by atoms with Gasteiger partial charge in [0.25, 0.3) is 0 Å². The molecule has 2 N–H and O–H groups in total. The fraction of sp³-hybridized carbons (Fsp3) is 0.263. The molecule has 0 bridgehead atoms. The first-order valence-corrected chi connectivity index (χ1v) is 7.93. The highest BCUT2D eigenvalue weighted by Crippen LogP contribution is 2.22. The van der Waals surface area contributed by atoms with Crippen LogP contribution in [0.5, 0.6) is 0 Å². The van der Waals surface area contributed by atoms with E-state index < -0.39 is 5.97 Å². The summed E-state index contributed by atoms with van der Waals surface area (Å²) in [5.41, 5.74) is 11.0. The summed E-state index contributed by atoms with van der Waals surface area (Å²) in [4.78, 5) is 24.5. The number of anilines is 1. The van der Waals surface area contributed by atoms with Gasteiger partial charge in [-0.3, -0.25) is 4.79 Å². The third-order valence-corrected chi connectivity index (χ3v) is 4.69. The highest BCUT2D eigenvalue weighted by atomic mass is 35.5. The zero-order valence-corrected chi connectivity index (χ0v) is 15.0. The molecule has 0 aliphatic carbocycles. The highest BCUT2D eigenvalue weighted by Gasteiger charge is 2.17. The van der Waals surface area contributed by atoms with Gasteiger partial charge in [0.1, 0.15) is 0 Å². The summed E-state index contributed by atoms with van der Waals surface area (Å²) >= 11 is 5.82. The predicted molar refractivity (Wildman–Crippen MR) is 95.9 cm³/mol. The maximum absolute atomic E-state index is 12.4. The zero-order chi connectivity index (χ0) is 18.0. The molecular formula is C19H20ClNO3. The van der Waals surface area contributed by atoms with Crippen LogP contribution in [-0.2, 0) is 4.74 Å². The lowest BCUT2D eigenvalue weighted by Crippen LogP contribution is -2.16. The normalized spacial score (nSPS) is 10.5. The Hall–Kier alpha value is -2.33. The first-order chi connectivity index (χ1) is 11.2. The molecule has 0 saturated heterocycles. The molecule has 4 nitrogen and oxygen atoms in total. The Kier molecular flexibility index (Phi) is 5.30. The number of hydrogen-bond donors (Lipinski definition) is 1. The van der Waals surface area contributed by atoms with Crippen molar-refractivity contribution in [1.29, 1.82) is 0 Å². The van der Waals surface area contributed by atoms with Gasteiger partial charge in [-0.1, -0.05) is 11.6 Å². The number of carbonyl (C=O) groups is 2. The van der Waals surface area contributed by atoms with Crippen molar-refractivity contribution < 1.29 is 14.3 Å². The molecule has 0 radical (unpaired) electrons. The minimum absolute atomic E-state index is 0.228. The van der Waals surface area contributed by atoms with E-state index in [0.29, 0.717) is 10.6 Å². The molecule has 126 valence electrons. The van der Waals surface area contributed by atoms with Gasteiger partial charge in [0.2, 0.25) is 5.78 Å². The van der Waals surface area contributed by atoms with Crippen LogP contribution in [0.4, 0.5) is 5.69 Å². The number of hydrogen-bond acceptors (Lipinski definition) is 4. The summed E-state index contributed by atoms with van der Waals surface area (Å²) in [6, 6.07) is 6.30. The molecule has 2 aromatic carbocycles. The Morgan fingerprint density at radius 2 is 1.71 bits per heavy atom. The van der Waals surface area contributed by atoms with Crippen LogP contribution in [0, 0.1) is 27.7 Å². The summed E-state index contributed by atoms with van der Waals surface area (Å²) in [6.45, 7) is 7.55. The van der Waals surface area contributed by atoms with Crippen molar-refractivity contribution in [3.8, 4) is 0 Å². The third-order valence-electron chi connectivity index (χ3n) is 4.35. The van der Waals surface area contributed by atoms with Gasteiger partial charge in [0, 0.05) is 5.56 Å². The van der Waals surface area contributed by atoms with E-state index >= 15 is 0 Å². The molecule has 0 spiro atoms. The lowest BCUT2D eigenvalue weighted by molar-refractivity contribution is 0.0474. The molecule has 2 rings (SSSR count). The number of carbonyl (C=O) groups excluding carboxylic acids is 2. The van der Waals surface area contributed by atoms with Crippen molar-refractivity contribution in [3.05, 3.63) is 62.7 Å². The van der Waals surface area contributed by atoms with Crippen LogP contribution in [0.3, 0.4) is 0 Å². The monoisotopic (exact) mass is 345 g/mol. The first-order valence-electron chi connectivity index (χ1n) is 7.55. The Labute approximate surface area is 146 Å². The number of nitrogens with two attached hydrogens (primary N) is 1. The fourth-order valence-electron chi connectivity index (χ4n) is 2.46. The van der Waals surface area contributed by atoms with E-state index in [1.54, 1.807) is 0 Å². The lowest BCUT2D eigenvalue weighted by Gasteiger charge is -2.13. The maximum atomic E-state index is 12.4. The number of aryl methyl sites for hydroxylation is 1. The number of nitrogen functional groups attached to an aromatic ring is 1. The predicted octanol–water partition coefficient (Wildman–Crippen LogP) is 4.20. The van der Waals surface area contributed by atoms with E-state index in [1.165, 1.54) is 18.2 Å². The van der Waals surface area contributed by atoms with E-state index in [0.717, 1.165) is 22.3 Å². The zero-order valence-electron chi connectivity index (χ0n) is 14.2. The van der Waals surface area contributed by atoms with Crippen LogP contribution in [0.1, 0.15) is 43.0 Å². The molecule has 0 aromatic heterocycles. The van der Waals surface area contributed by atoms with Crippen LogP contribution in [0.15, 0.2) is 24.3 Å². The van der Waals surface area contributed by atoms with Crippen LogP contribution in [-0.4, -0.2) is 18.4 Å². The third kappa shape index (κ3) is 3.60. The van der Waals surface area contributed by atoms with Gasteiger partial charge in [0.15, 0.2) is 6.61 Å². The van der Waals surface area contributed by atoms with Gasteiger partial charge in [-0.15, -0.1) is 0 Å². The molecular weight excluding hydrogens is 326 g/mol. The maximum Gasteiger partial charge on any atom is 0.338 e. The van der Waals surface area contributed by atoms with E-state index in [4.69, 9.17) is 22.1 Å². The number of Topliss-reactive ketones (excluding diaryl/α,β-unsaturated/α-hetero) is 1. The van der Waals surface area contributed by atoms with Crippen LogP contribution in [0.2, 0.25) is 5.02 Å². The molecule has 0 saturated carbocycles. The standard InChI is InChI=1S/C19H20ClNO3/c1-10-7-15(13(4)12(3)11(10)2)18(22)9-24-19(23)14-5-6-16(20)17(21)8-14/h5-8H,9,21H2,1-4H3. The van der Waals surface area contributed by atoms with Gasteiger partial charge in [-0.05, 0) is 74.2 Å². The van der Waals surface area contributed by atoms with Gasteiger partial charge < -0.3 is 10.5 Å². The molecule has 0 amide bonds. The van der Waals surface area contributed by atoms with Crippen molar-refractivity contribution in [1.82, 2.24) is 0 Å². The molecule has 0 fully saturated rings. The van der Waals surface area contributed by atoms with Gasteiger partial charge in [0.05, 0.1) is 16.3 Å². The molecule has 0 atom stereocenters. The van der Waals surface area contributed by atoms with E-state index in [2.05, 4.69) is 0 Å². The molecule has 0 heterocycles. The molecule has 5 heteroatoms. The van der Waals surface area contributed by atoms with Gasteiger partial charge >= 0.3 is 5.97 Å². The first kappa shape index (κ1) is 18.0. The number of esters is 1. The van der Waals surface area contributed by atoms with Crippen molar-refractivity contribution in [2.24, 2.45) is 0 Å². The van der Waals surface area contributed by atoms with Crippen LogP contribution in [0.25, 0.3) is 0 Å². The summed E-state index contributed by atoms with van der Waals surface area (Å²) < 4.78 is 5.12. The SMILES string of the molecule is Cc1cc(C(=O)COC(=O)c2ccc(Cl)c(N)c2)c(C)c(C)c1C. The number of ether oxygens (including phenoxy) is 1. The van der Waals surface area contributed by atoms with Crippen molar-refractivity contribution in [2.75, 3.05) is 12.3 Å². The number of rotatable bonds is 4. The Morgan fingerprint density at radius 3 is 2.33 bits per heavy atom. The Morgan fingerprint density at radius 1 is 1.04 bits per heavy atom. The van der Waals surface area contributed by atoms with Crippen LogP contribution >= 0.6 is 11.6 Å².